The zero-order valence-electron chi connectivity index (χ0n) is 17.6. The number of rotatable bonds is 7. The third-order valence-electron chi connectivity index (χ3n) is 4.64. The molecule has 0 spiro atoms. The number of ether oxygens (including phenoxy) is 2. The van der Waals surface area contributed by atoms with Crippen LogP contribution < -0.4 is 14.8 Å². The van der Waals surface area contributed by atoms with Gasteiger partial charge in [0, 0.05) is 16.6 Å². The zero-order chi connectivity index (χ0) is 23.2. The highest BCUT2D eigenvalue weighted by atomic mass is 32.1. The summed E-state index contributed by atoms with van der Waals surface area (Å²) in [6, 6.07) is 19.5. The van der Waals surface area contributed by atoms with Crippen molar-refractivity contribution in [1.82, 2.24) is 4.98 Å². The number of hydrogen-bond donors (Lipinski definition) is 1. The molecule has 0 aliphatic rings. The Kier molecular flexibility index (Phi) is 6.75. The first-order valence-corrected chi connectivity index (χ1v) is 10.9. The van der Waals surface area contributed by atoms with Gasteiger partial charge < -0.3 is 14.8 Å². The second-order valence-corrected chi connectivity index (χ2v) is 7.84. The topological polar surface area (TPSA) is 77.5 Å². The van der Waals surface area contributed by atoms with Gasteiger partial charge in [-0.2, -0.15) is 0 Å². The van der Waals surface area contributed by atoms with E-state index in [2.05, 4.69) is 10.3 Å². The first kappa shape index (κ1) is 22.2. The van der Waals surface area contributed by atoms with Crippen LogP contribution in [0, 0.1) is 5.82 Å². The van der Waals surface area contributed by atoms with Gasteiger partial charge in [0.2, 0.25) is 0 Å². The number of para-hydroxylation sites is 1. The molecule has 0 aliphatic heterocycles. The number of nitrogens with one attached hydrogen (secondary N) is 1. The highest BCUT2D eigenvalue weighted by molar-refractivity contribution is 7.13. The van der Waals surface area contributed by atoms with E-state index in [4.69, 9.17) is 9.47 Å². The van der Waals surface area contributed by atoms with Crippen molar-refractivity contribution >= 4 is 28.9 Å². The smallest absolute Gasteiger partial charge is 0.317 e. The van der Waals surface area contributed by atoms with Gasteiger partial charge in [0.1, 0.15) is 22.3 Å². The van der Waals surface area contributed by atoms with Crippen molar-refractivity contribution in [2.45, 2.75) is 6.42 Å². The minimum Gasteiger partial charge on any atom is -0.496 e. The zero-order valence-corrected chi connectivity index (χ0v) is 18.4. The van der Waals surface area contributed by atoms with E-state index in [0.717, 1.165) is 0 Å². The lowest BCUT2D eigenvalue weighted by Gasteiger charge is -2.09. The van der Waals surface area contributed by atoms with E-state index in [1.54, 1.807) is 66.0 Å². The number of anilines is 1. The molecule has 1 heterocycles. The Morgan fingerprint density at radius 2 is 1.82 bits per heavy atom. The van der Waals surface area contributed by atoms with Crippen molar-refractivity contribution in [2.24, 2.45) is 0 Å². The van der Waals surface area contributed by atoms with Gasteiger partial charge in [-0.25, -0.2) is 9.37 Å². The predicted molar refractivity (Wildman–Crippen MR) is 124 cm³/mol. The van der Waals surface area contributed by atoms with Crippen molar-refractivity contribution in [2.75, 3.05) is 12.4 Å². The van der Waals surface area contributed by atoms with Crippen LogP contribution in [0.2, 0.25) is 0 Å². The number of esters is 1. The summed E-state index contributed by atoms with van der Waals surface area (Å²) in [7, 11) is 1.50. The molecule has 1 N–H and O–H groups in total. The molecule has 0 radical (unpaired) electrons. The van der Waals surface area contributed by atoms with Crippen LogP contribution in [0.15, 0.2) is 78.2 Å². The first-order chi connectivity index (χ1) is 16.0. The Bertz CT molecular complexity index is 1290. The summed E-state index contributed by atoms with van der Waals surface area (Å²) in [6.45, 7) is 0. The van der Waals surface area contributed by atoms with E-state index in [1.165, 1.54) is 30.6 Å². The molecule has 0 atom stereocenters. The van der Waals surface area contributed by atoms with Gasteiger partial charge in [0.05, 0.1) is 24.8 Å². The Hall–Kier alpha value is -4.04. The van der Waals surface area contributed by atoms with Crippen LogP contribution in [0.4, 0.5) is 10.1 Å². The molecular weight excluding hydrogens is 443 g/mol. The number of halogens is 1. The van der Waals surface area contributed by atoms with Crippen LogP contribution in [-0.4, -0.2) is 24.0 Å². The van der Waals surface area contributed by atoms with E-state index < -0.39 is 5.97 Å². The Morgan fingerprint density at radius 3 is 2.58 bits per heavy atom. The number of methoxy groups -OCH3 is 1. The number of aromatic nitrogens is 1. The highest BCUT2D eigenvalue weighted by Crippen LogP contribution is 2.25. The molecule has 0 unspecified atom stereocenters. The quantitative estimate of drug-likeness (QED) is 0.296. The van der Waals surface area contributed by atoms with Gasteiger partial charge in [-0.05, 0) is 48.5 Å². The minimum atomic E-state index is -0.475. The molecule has 33 heavy (non-hydrogen) atoms. The molecule has 0 aliphatic carbocycles. The van der Waals surface area contributed by atoms with Gasteiger partial charge in [0.25, 0.3) is 5.91 Å². The average Bonchev–Trinajstić information content (AvgIpc) is 3.28. The number of thiazole rings is 1. The fourth-order valence-corrected chi connectivity index (χ4v) is 3.91. The fraction of sp³-hybridized carbons (Fsp3) is 0.0800. The molecule has 3 aromatic carbocycles. The molecule has 0 fully saturated rings. The van der Waals surface area contributed by atoms with Crippen LogP contribution in [0.3, 0.4) is 0 Å². The van der Waals surface area contributed by atoms with Crippen molar-refractivity contribution < 1.29 is 23.5 Å². The van der Waals surface area contributed by atoms with Crippen LogP contribution in [0.1, 0.15) is 16.1 Å². The fourth-order valence-electron chi connectivity index (χ4n) is 3.09. The molecule has 0 saturated carbocycles. The van der Waals surface area contributed by atoms with Gasteiger partial charge in [0.15, 0.2) is 0 Å². The number of benzene rings is 3. The standard InChI is InChI=1S/C25H19FN2O4S/c1-31-22-8-3-2-7-21(22)24(30)27-18-9-11-20(12-10-18)32-23(29)14-19-15-33-25(28-19)16-5-4-6-17(26)13-16/h2-13,15H,14H2,1H3,(H,27,30). The number of carbonyl (C=O) groups excluding carboxylic acids is 2. The number of carbonyl (C=O) groups is 2. The molecule has 6 nitrogen and oxygen atoms in total. The lowest BCUT2D eigenvalue weighted by molar-refractivity contribution is -0.133. The lowest BCUT2D eigenvalue weighted by Crippen LogP contribution is -2.13. The number of nitrogens with zero attached hydrogens (tertiary/aromatic N) is 1. The Balaban J connectivity index is 1.34. The maximum atomic E-state index is 13.4. The van der Waals surface area contributed by atoms with Crippen molar-refractivity contribution in [1.29, 1.82) is 0 Å². The van der Waals surface area contributed by atoms with Crippen molar-refractivity contribution in [3.05, 3.63) is 95.3 Å². The molecule has 0 bridgehead atoms. The molecule has 4 rings (SSSR count). The molecule has 1 amide bonds. The molecular formula is C25H19FN2O4S. The SMILES string of the molecule is COc1ccccc1C(=O)Nc1ccc(OC(=O)Cc2csc(-c3cccc(F)c3)n2)cc1. The van der Waals surface area contributed by atoms with Gasteiger partial charge in [-0.1, -0.05) is 24.3 Å². The Labute approximate surface area is 193 Å². The molecule has 8 heteroatoms. The summed E-state index contributed by atoms with van der Waals surface area (Å²) in [5.74, 6) is -0.308. The van der Waals surface area contributed by atoms with Crippen LogP contribution >= 0.6 is 11.3 Å². The van der Waals surface area contributed by atoms with Crippen molar-refractivity contribution in [3.63, 3.8) is 0 Å². The third kappa shape index (κ3) is 5.61. The molecule has 1 aromatic heterocycles. The predicted octanol–water partition coefficient (Wildman–Crippen LogP) is 5.36. The monoisotopic (exact) mass is 462 g/mol. The van der Waals surface area contributed by atoms with E-state index >= 15 is 0 Å². The maximum Gasteiger partial charge on any atom is 0.317 e. The summed E-state index contributed by atoms with van der Waals surface area (Å²) >= 11 is 1.33. The molecule has 0 saturated heterocycles. The largest absolute Gasteiger partial charge is 0.496 e. The average molecular weight is 463 g/mol. The minimum absolute atomic E-state index is 0.0158. The van der Waals surface area contributed by atoms with Gasteiger partial charge >= 0.3 is 5.97 Å². The van der Waals surface area contributed by atoms with Crippen LogP contribution in [0.5, 0.6) is 11.5 Å². The summed E-state index contributed by atoms with van der Waals surface area (Å²) in [4.78, 5) is 29.2. The Morgan fingerprint density at radius 1 is 1.03 bits per heavy atom. The molecule has 4 aromatic rings. The molecule has 166 valence electrons. The van der Waals surface area contributed by atoms with E-state index in [-0.39, 0.29) is 18.1 Å². The van der Waals surface area contributed by atoms with Gasteiger partial charge in [-0.15, -0.1) is 11.3 Å². The summed E-state index contributed by atoms with van der Waals surface area (Å²) in [6.07, 6.45) is -0.0158. The highest BCUT2D eigenvalue weighted by Gasteiger charge is 2.13. The van der Waals surface area contributed by atoms with E-state index in [9.17, 15) is 14.0 Å². The summed E-state index contributed by atoms with van der Waals surface area (Å²) in [5, 5.41) is 5.16. The third-order valence-corrected chi connectivity index (χ3v) is 5.58. The number of hydrogen-bond acceptors (Lipinski definition) is 6. The summed E-state index contributed by atoms with van der Waals surface area (Å²) < 4.78 is 24.0. The van der Waals surface area contributed by atoms with Crippen LogP contribution in [0.25, 0.3) is 10.6 Å². The second kappa shape index (κ2) is 10.1. The van der Waals surface area contributed by atoms with Crippen LogP contribution in [-0.2, 0) is 11.2 Å². The van der Waals surface area contributed by atoms with E-state index in [0.29, 0.717) is 39.0 Å². The number of amides is 1. The lowest BCUT2D eigenvalue weighted by atomic mass is 10.2. The van der Waals surface area contributed by atoms with E-state index in [1.807, 2.05) is 0 Å². The second-order valence-electron chi connectivity index (χ2n) is 6.98. The maximum absolute atomic E-state index is 13.4. The summed E-state index contributed by atoms with van der Waals surface area (Å²) in [5.41, 5.74) is 2.16. The normalized spacial score (nSPS) is 10.5. The first-order valence-electron chi connectivity index (χ1n) is 9.97. The van der Waals surface area contributed by atoms with Gasteiger partial charge in [-0.3, -0.25) is 9.59 Å². The van der Waals surface area contributed by atoms with Crippen molar-refractivity contribution in [3.8, 4) is 22.1 Å².